The summed E-state index contributed by atoms with van der Waals surface area (Å²) in [7, 11) is 0. The lowest BCUT2D eigenvalue weighted by Gasteiger charge is -2.09. The summed E-state index contributed by atoms with van der Waals surface area (Å²) in [5.41, 5.74) is 2.65. The van der Waals surface area contributed by atoms with Crippen molar-refractivity contribution in [1.82, 2.24) is 10.3 Å². The van der Waals surface area contributed by atoms with Gasteiger partial charge >= 0.3 is 0 Å². The van der Waals surface area contributed by atoms with Gasteiger partial charge in [-0.3, -0.25) is 9.78 Å². The Morgan fingerprint density at radius 2 is 1.78 bits per heavy atom. The molecule has 0 saturated carbocycles. The first-order chi connectivity index (χ1) is 13.2. The summed E-state index contributed by atoms with van der Waals surface area (Å²) in [6.07, 6.45) is 1.73. The van der Waals surface area contributed by atoms with E-state index in [1.54, 1.807) is 6.20 Å². The number of hydrogen-bond donors (Lipinski definition) is 2. The zero-order chi connectivity index (χ0) is 18.9. The fraction of sp³-hybridized carbons (Fsp3) is 0.143. The lowest BCUT2D eigenvalue weighted by molar-refractivity contribution is -0.115. The van der Waals surface area contributed by atoms with Gasteiger partial charge in [0.2, 0.25) is 5.91 Å². The van der Waals surface area contributed by atoms with E-state index in [2.05, 4.69) is 15.6 Å². The van der Waals surface area contributed by atoms with E-state index in [4.69, 9.17) is 16.3 Å². The van der Waals surface area contributed by atoms with Crippen LogP contribution in [0.25, 0.3) is 0 Å². The maximum absolute atomic E-state index is 12.0. The monoisotopic (exact) mass is 381 g/mol. The van der Waals surface area contributed by atoms with Crippen molar-refractivity contribution in [3.05, 3.63) is 89.2 Å². The highest BCUT2D eigenvalue weighted by Gasteiger charge is 2.03. The predicted octanol–water partition coefficient (Wildman–Crippen LogP) is 4.04. The van der Waals surface area contributed by atoms with E-state index in [0.717, 1.165) is 22.7 Å². The molecule has 1 aromatic heterocycles. The van der Waals surface area contributed by atoms with Gasteiger partial charge in [-0.2, -0.15) is 0 Å². The summed E-state index contributed by atoms with van der Waals surface area (Å²) in [5.74, 6) is 0.622. The largest absolute Gasteiger partial charge is 0.489 e. The number of ether oxygens (including phenoxy) is 1. The van der Waals surface area contributed by atoms with Crippen molar-refractivity contribution in [2.75, 3.05) is 11.9 Å². The molecule has 0 unspecified atom stereocenters. The van der Waals surface area contributed by atoms with E-state index in [0.29, 0.717) is 18.2 Å². The topological polar surface area (TPSA) is 63.2 Å². The van der Waals surface area contributed by atoms with E-state index in [-0.39, 0.29) is 12.5 Å². The molecule has 0 atom stereocenters. The van der Waals surface area contributed by atoms with Gasteiger partial charge in [-0.05, 0) is 54.1 Å². The molecule has 3 rings (SSSR count). The van der Waals surface area contributed by atoms with Gasteiger partial charge in [0.1, 0.15) is 12.4 Å². The number of nitrogens with one attached hydrogen (secondary N) is 2. The van der Waals surface area contributed by atoms with Crippen LogP contribution in [0.5, 0.6) is 5.75 Å². The lowest BCUT2D eigenvalue weighted by Crippen LogP contribution is -2.27. The van der Waals surface area contributed by atoms with Crippen molar-refractivity contribution >= 4 is 23.2 Å². The minimum Gasteiger partial charge on any atom is -0.489 e. The van der Waals surface area contributed by atoms with Crippen LogP contribution in [0.2, 0.25) is 5.02 Å². The lowest BCUT2D eigenvalue weighted by atomic mass is 10.2. The van der Waals surface area contributed by atoms with Crippen LogP contribution in [0.15, 0.2) is 72.9 Å². The van der Waals surface area contributed by atoms with Crippen LogP contribution < -0.4 is 15.4 Å². The number of pyridine rings is 1. The van der Waals surface area contributed by atoms with E-state index >= 15 is 0 Å². The Morgan fingerprint density at radius 1 is 1.00 bits per heavy atom. The van der Waals surface area contributed by atoms with Gasteiger partial charge < -0.3 is 15.4 Å². The van der Waals surface area contributed by atoms with Crippen molar-refractivity contribution in [2.45, 2.75) is 13.2 Å². The highest BCUT2D eigenvalue weighted by atomic mass is 35.5. The number of amides is 1. The molecular formula is C21H20ClN3O2. The maximum Gasteiger partial charge on any atom is 0.238 e. The number of aromatic nitrogens is 1. The molecule has 6 heteroatoms. The average molecular weight is 382 g/mol. The number of benzene rings is 2. The number of hydrogen-bond acceptors (Lipinski definition) is 4. The third-order valence-corrected chi connectivity index (χ3v) is 4.03. The third kappa shape index (κ3) is 6.40. The van der Waals surface area contributed by atoms with E-state index in [1.807, 2.05) is 66.7 Å². The van der Waals surface area contributed by atoms with Crippen LogP contribution in [0.1, 0.15) is 11.3 Å². The number of rotatable bonds is 8. The molecule has 0 bridgehead atoms. The molecule has 0 radical (unpaired) electrons. The summed E-state index contributed by atoms with van der Waals surface area (Å²) >= 11 is 5.87. The first kappa shape index (κ1) is 18.9. The fourth-order valence-electron chi connectivity index (χ4n) is 2.39. The Balaban J connectivity index is 1.41. The highest BCUT2D eigenvalue weighted by molar-refractivity contribution is 6.30. The molecule has 0 spiro atoms. The minimum absolute atomic E-state index is 0.110. The second-order valence-corrected chi connectivity index (χ2v) is 6.35. The Bertz CT molecular complexity index is 853. The van der Waals surface area contributed by atoms with Crippen LogP contribution >= 0.6 is 11.6 Å². The summed E-state index contributed by atoms with van der Waals surface area (Å²) in [4.78, 5) is 16.2. The summed E-state index contributed by atoms with van der Waals surface area (Å²) in [6, 6.07) is 20.5. The number of carbonyl (C=O) groups excluding carboxylic acids is 1. The third-order valence-electron chi connectivity index (χ3n) is 3.77. The summed E-state index contributed by atoms with van der Waals surface area (Å²) < 4.78 is 5.73. The standard InChI is InChI=1S/C21H20ClN3O2/c22-17-6-4-16(5-7-17)15-27-20-10-8-18(9-11-20)25-21(26)14-23-13-19-3-1-2-12-24-19/h1-12,23H,13-15H2,(H,25,26). The van der Waals surface area contributed by atoms with Crippen LogP contribution in [0, 0.1) is 0 Å². The molecule has 27 heavy (non-hydrogen) atoms. The molecule has 1 amide bonds. The Morgan fingerprint density at radius 3 is 2.48 bits per heavy atom. The zero-order valence-corrected chi connectivity index (χ0v) is 15.4. The number of carbonyl (C=O) groups is 1. The number of halogens is 1. The number of nitrogens with zero attached hydrogens (tertiary/aromatic N) is 1. The molecule has 2 aromatic carbocycles. The van der Waals surface area contributed by atoms with Crippen LogP contribution in [0.3, 0.4) is 0 Å². The van der Waals surface area contributed by atoms with Crippen molar-refractivity contribution in [1.29, 1.82) is 0 Å². The van der Waals surface area contributed by atoms with Gasteiger partial charge in [-0.1, -0.05) is 29.8 Å². The smallest absolute Gasteiger partial charge is 0.238 e. The quantitative estimate of drug-likeness (QED) is 0.618. The SMILES string of the molecule is O=C(CNCc1ccccn1)Nc1ccc(OCc2ccc(Cl)cc2)cc1. The average Bonchev–Trinajstić information content (AvgIpc) is 2.69. The molecule has 0 aliphatic carbocycles. The highest BCUT2D eigenvalue weighted by Crippen LogP contribution is 2.17. The van der Waals surface area contributed by atoms with Crippen molar-refractivity contribution in [2.24, 2.45) is 0 Å². The minimum atomic E-state index is -0.110. The van der Waals surface area contributed by atoms with Crippen LogP contribution in [-0.2, 0) is 17.9 Å². The van der Waals surface area contributed by atoms with Crippen LogP contribution in [-0.4, -0.2) is 17.4 Å². The zero-order valence-electron chi connectivity index (χ0n) is 14.7. The molecule has 0 saturated heterocycles. The first-order valence-corrected chi connectivity index (χ1v) is 8.94. The van der Waals surface area contributed by atoms with E-state index in [1.165, 1.54) is 0 Å². The van der Waals surface area contributed by atoms with Crippen molar-refractivity contribution in [3.8, 4) is 5.75 Å². The van der Waals surface area contributed by atoms with Gasteiger partial charge in [-0.15, -0.1) is 0 Å². The normalized spacial score (nSPS) is 10.4. The summed E-state index contributed by atoms with van der Waals surface area (Å²) in [5, 5.41) is 6.61. The first-order valence-electron chi connectivity index (χ1n) is 8.57. The molecule has 2 N–H and O–H groups in total. The summed E-state index contributed by atoms with van der Waals surface area (Å²) in [6.45, 7) is 1.22. The van der Waals surface area contributed by atoms with E-state index < -0.39 is 0 Å². The molecular weight excluding hydrogens is 362 g/mol. The van der Waals surface area contributed by atoms with Gasteiger partial charge in [0.05, 0.1) is 12.2 Å². The molecule has 0 aliphatic rings. The Hall–Kier alpha value is -2.89. The van der Waals surface area contributed by atoms with Gasteiger partial charge in [0.15, 0.2) is 0 Å². The second-order valence-electron chi connectivity index (χ2n) is 5.91. The van der Waals surface area contributed by atoms with Gasteiger partial charge in [-0.25, -0.2) is 0 Å². The predicted molar refractivity (Wildman–Crippen MR) is 107 cm³/mol. The Labute approximate surface area is 163 Å². The maximum atomic E-state index is 12.0. The Kier molecular flexibility index (Phi) is 6.79. The van der Waals surface area contributed by atoms with Crippen molar-refractivity contribution < 1.29 is 9.53 Å². The molecule has 138 valence electrons. The molecule has 1 heterocycles. The molecule has 0 fully saturated rings. The van der Waals surface area contributed by atoms with Crippen LogP contribution in [0.4, 0.5) is 5.69 Å². The molecule has 3 aromatic rings. The van der Waals surface area contributed by atoms with Gasteiger partial charge in [0, 0.05) is 23.5 Å². The van der Waals surface area contributed by atoms with Gasteiger partial charge in [0.25, 0.3) is 0 Å². The van der Waals surface area contributed by atoms with E-state index in [9.17, 15) is 4.79 Å². The number of anilines is 1. The molecule has 0 aliphatic heterocycles. The second kappa shape index (κ2) is 9.71. The molecule has 5 nitrogen and oxygen atoms in total. The van der Waals surface area contributed by atoms with Crippen molar-refractivity contribution in [3.63, 3.8) is 0 Å². The fourth-order valence-corrected chi connectivity index (χ4v) is 2.52.